The van der Waals surface area contributed by atoms with E-state index in [2.05, 4.69) is 11.9 Å². The average molecular weight is 305 g/mol. The number of amides is 1. The van der Waals surface area contributed by atoms with Crippen LogP contribution in [-0.4, -0.2) is 39.7 Å². The molecule has 1 unspecified atom stereocenters. The molecule has 1 aliphatic carbocycles. The van der Waals surface area contributed by atoms with Crippen LogP contribution in [0.1, 0.15) is 64.2 Å². The molecule has 5 nitrogen and oxygen atoms in total. The zero-order valence-electron chi connectivity index (χ0n) is 14.2. The van der Waals surface area contributed by atoms with Crippen LogP contribution in [0.2, 0.25) is 0 Å². The fourth-order valence-corrected chi connectivity index (χ4v) is 3.38. The first-order valence-electron chi connectivity index (χ1n) is 8.33. The predicted octanol–water partition coefficient (Wildman–Crippen LogP) is 3.19. The summed E-state index contributed by atoms with van der Waals surface area (Å²) in [5, 5.41) is 0. The molecule has 2 heterocycles. The van der Waals surface area contributed by atoms with Crippen molar-refractivity contribution in [3.63, 3.8) is 0 Å². The van der Waals surface area contributed by atoms with Gasteiger partial charge in [0.05, 0.1) is 5.69 Å². The highest BCUT2D eigenvalue weighted by molar-refractivity contribution is 5.68. The van der Waals surface area contributed by atoms with Crippen LogP contribution in [0.5, 0.6) is 0 Å². The summed E-state index contributed by atoms with van der Waals surface area (Å²) >= 11 is 0. The highest BCUT2D eigenvalue weighted by Gasteiger charge is 2.41. The summed E-state index contributed by atoms with van der Waals surface area (Å²) < 4.78 is 5.49. The lowest BCUT2D eigenvalue weighted by Crippen LogP contribution is -2.37. The molecule has 1 fully saturated rings. The number of H-pyrrole nitrogens is 1. The number of ether oxygens (including phenoxy) is 1. The highest BCUT2D eigenvalue weighted by Crippen LogP contribution is 2.34. The summed E-state index contributed by atoms with van der Waals surface area (Å²) in [6.07, 6.45) is 5.38. The van der Waals surface area contributed by atoms with E-state index in [1.165, 1.54) is 24.2 Å². The molecule has 1 aromatic rings. The van der Waals surface area contributed by atoms with Crippen molar-refractivity contribution in [2.45, 2.75) is 70.8 Å². The third-order valence-corrected chi connectivity index (χ3v) is 4.65. The van der Waals surface area contributed by atoms with E-state index in [1.54, 1.807) is 0 Å². The van der Waals surface area contributed by atoms with Gasteiger partial charge in [0.25, 0.3) is 0 Å². The molecule has 22 heavy (non-hydrogen) atoms. The quantitative estimate of drug-likeness (QED) is 0.867. The monoisotopic (exact) mass is 305 g/mol. The number of nitrogens with zero attached hydrogens (tertiary/aromatic N) is 2. The largest absolute Gasteiger partial charge is 0.444 e. The maximum absolute atomic E-state index is 12.2. The van der Waals surface area contributed by atoms with Crippen molar-refractivity contribution in [1.82, 2.24) is 14.9 Å². The molecule has 1 aliphatic heterocycles. The second-order valence-electron chi connectivity index (χ2n) is 7.93. The normalized spacial score (nSPS) is 25.2. The minimum atomic E-state index is -0.445. The SMILES string of the molecule is CC(C)(C)OC(=O)N1CCC(C)(c2nc3c([nH]2)CCCC3)C1. The number of hydrogen-bond donors (Lipinski definition) is 1. The van der Waals surface area contributed by atoms with Crippen molar-refractivity contribution in [1.29, 1.82) is 0 Å². The van der Waals surface area contributed by atoms with Crippen molar-refractivity contribution in [3.8, 4) is 0 Å². The number of aryl methyl sites for hydroxylation is 2. The average Bonchev–Trinajstić information content (AvgIpc) is 3.01. The van der Waals surface area contributed by atoms with E-state index in [1.807, 2.05) is 25.7 Å². The third-order valence-electron chi connectivity index (χ3n) is 4.65. The van der Waals surface area contributed by atoms with Gasteiger partial charge in [0.1, 0.15) is 11.4 Å². The first-order chi connectivity index (χ1) is 10.3. The number of aromatic amines is 1. The van der Waals surface area contributed by atoms with Gasteiger partial charge in [0, 0.05) is 24.2 Å². The summed E-state index contributed by atoms with van der Waals surface area (Å²) in [6, 6.07) is 0. The second-order valence-corrected chi connectivity index (χ2v) is 7.93. The number of nitrogens with one attached hydrogen (secondary N) is 1. The number of likely N-dealkylation sites (tertiary alicyclic amines) is 1. The number of aromatic nitrogens is 2. The van der Waals surface area contributed by atoms with Gasteiger partial charge in [-0.25, -0.2) is 9.78 Å². The summed E-state index contributed by atoms with van der Waals surface area (Å²) in [7, 11) is 0. The smallest absolute Gasteiger partial charge is 0.410 e. The lowest BCUT2D eigenvalue weighted by atomic mass is 9.89. The molecule has 2 aliphatic rings. The van der Waals surface area contributed by atoms with Gasteiger partial charge in [0.2, 0.25) is 0 Å². The molecule has 0 aromatic carbocycles. The van der Waals surface area contributed by atoms with Crippen molar-refractivity contribution >= 4 is 6.09 Å². The molecule has 0 saturated carbocycles. The molecule has 0 radical (unpaired) electrons. The van der Waals surface area contributed by atoms with E-state index in [0.29, 0.717) is 6.54 Å². The van der Waals surface area contributed by atoms with Gasteiger partial charge in [-0.05, 0) is 52.9 Å². The number of hydrogen-bond acceptors (Lipinski definition) is 3. The van der Waals surface area contributed by atoms with E-state index in [9.17, 15) is 4.79 Å². The Morgan fingerprint density at radius 1 is 1.32 bits per heavy atom. The summed E-state index contributed by atoms with van der Waals surface area (Å²) in [5.41, 5.74) is 2.00. The zero-order valence-corrected chi connectivity index (χ0v) is 14.2. The number of rotatable bonds is 1. The van der Waals surface area contributed by atoms with Gasteiger partial charge in [0.15, 0.2) is 0 Å². The third kappa shape index (κ3) is 2.99. The first-order valence-corrected chi connectivity index (χ1v) is 8.33. The van der Waals surface area contributed by atoms with E-state index in [4.69, 9.17) is 9.72 Å². The molecule has 3 rings (SSSR count). The Morgan fingerprint density at radius 2 is 2.05 bits per heavy atom. The number of carbonyl (C=O) groups is 1. The Balaban J connectivity index is 1.72. The summed E-state index contributed by atoms with van der Waals surface area (Å²) in [4.78, 5) is 22.4. The number of fused-ring (bicyclic) bond motifs is 1. The van der Waals surface area contributed by atoms with Gasteiger partial charge >= 0.3 is 6.09 Å². The Hall–Kier alpha value is -1.52. The molecule has 5 heteroatoms. The van der Waals surface area contributed by atoms with E-state index >= 15 is 0 Å². The van der Waals surface area contributed by atoms with Gasteiger partial charge < -0.3 is 14.6 Å². The van der Waals surface area contributed by atoms with Crippen LogP contribution in [0.15, 0.2) is 0 Å². The van der Waals surface area contributed by atoms with Crippen LogP contribution in [0, 0.1) is 0 Å². The maximum atomic E-state index is 12.2. The minimum absolute atomic E-state index is 0.0890. The first kappa shape index (κ1) is 15.4. The van der Waals surface area contributed by atoms with E-state index in [-0.39, 0.29) is 11.5 Å². The molecule has 0 bridgehead atoms. The second kappa shape index (κ2) is 5.28. The van der Waals surface area contributed by atoms with Gasteiger partial charge in [-0.2, -0.15) is 0 Å². The van der Waals surface area contributed by atoms with Crippen LogP contribution in [0.4, 0.5) is 4.79 Å². The fraction of sp³-hybridized carbons (Fsp3) is 0.765. The van der Waals surface area contributed by atoms with Crippen molar-refractivity contribution < 1.29 is 9.53 Å². The molecule has 1 N–H and O–H groups in total. The van der Waals surface area contributed by atoms with Gasteiger partial charge in [-0.15, -0.1) is 0 Å². The Labute approximate surface area is 132 Å². The van der Waals surface area contributed by atoms with Gasteiger partial charge in [-0.1, -0.05) is 6.92 Å². The molecule has 1 aromatic heterocycles. The minimum Gasteiger partial charge on any atom is -0.444 e. The molecule has 0 spiro atoms. The van der Waals surface area contributed by atoms with Crippen LogP contribution in [0.25, 0.3) is 0 Å². The summed E-state index contributed by atoms with van der Waals surface area (Å²) in [6.45, 7) is 9.31. The Morgan fingerprint density at radius 3 is 2.73 bits per heavy atom. The molecular weight excluding hydrogens is 278 g/mol. The van der Waals surface area contributed by atoms with E-state index < -0.39 is 5.60 Å². The van der Waals surface area contributed by atoms with Crippen LogP contribution >= 0.6 is 0 Å². The highest BCUT2D eigenvalue weighted by atomic mass is 16.6. The molecule has 122 valence electrons. The molecule has 1 amide bonds. The van der Waals surface area contributed by atoms with Gasteiger partial charge in [-0.3, -0.25) is 0 Å². The number of imidazole rings is 1. The predicted molar refractivity (Wildman–Crippen MR) is 85.0 cm³/mol. The molecular formula is C17H27N3O2. The van der Waals surface area contributed by atoms with Crippen LogP contribution in [-0.2, 0) is 23.0 Å². The lowest BCUT2D eigenvalue weighted by molar-refractivity contribution is 0.0285. The van der Waals surface area contributed by atoms with E-state index in [0.717, 1.165) is 31.6 Å². The Bertz CT molecular complexity index is 549. The Kier molecular flexibility index (Phi) is 3.69. The van der Waals surface area contributed by atoms with Crippen molar-refractivity contribution in [2.24, 2.45) is 0 Å². The maximum Gasteiger partial charge on any atom is 0.410 e. The van der Waals surface area contributed by atoms with Crippen molar-refractivity contribution in [2.75, 3.05) is 13.1 Å². The summed E-state index contributed by atoms with van der Waals surface area (Å²) in [5.74, 6) is 1.05. The molecule has 1 saturated heterocycles. The fourth-order valence-electron chi connectivity index (χ4n) is 3.38. The lowest BCUT2D eigenvalue weighted by Gasteiger charge is -2.26. The molecule has 1 atom stereocenters. The zero-order chi connectivity index (χ0) is 16.0. The van der Waals surface area contributed by atoms with Crippen LogP contribution in [0.3, 0.4) is 0 Å². The topological polar surface area (TPSA) is 58.2 Å². The standard InChI is InChI=1S/C17H27N3O2/c1-16(2,3)22-15(21)20-10-9-17(4,11-20)14-18-12-7-5-6-8-13(12)19-14/h5-11H2,1-4H3,(H,18,19). The van der Waals surface area contributed by atoms with Crippen molar-refractivity contribution in [3.05, 3.63) is 17.2 Å². The van der Waals surface area contributed by atoms with Crippen LogP contribution < -0.4 is 0 Å². The number of carbonyl (C=O) groups excluding carboxylic acids is 1.